The van der Waals surface area contributed by atoms with E-state index >= 15 is 0 Å². The van der Waals surface area contributed by atoms with Gasteiger partial charge in [-0.15, -0.1) is 0 Å². The first-order valence-corrected chi connectivity index (χ1v) is 7.28. The van der Waals surface area contributed by atoms with E-state index in [1.54, 1.807) is 19.2 Å². The number of benzene rings is 1. The topological polar surface area (TPSA) is 76.7 Å². The van der Waals surface area contributed by atoms with Crippen LogP contribution >= 0.6 is 11.6 Å². The molecule has 122 valence electrons. The molecule has 0 atom stereocenters. The minimum Gasteiger partial charge on any atom is -0.382 e. The van der Waals surface area contributed by atoms with Crippen LogP contribution in [-0.4, -0.2) is 44.8 Å². The van der Waals surface area contributed by atoms with E-state index in [-0.39, 0.29) is 24.5 Å². The van der Waals surface area contributed by atoms with E-state index in [1.807, 2.05) is 13.8 Å². The number of rotatable bonds is 8. The number of carbonyl (C=O) groups excluding carboxylic acids is 2. The largest absolute Gasteiger partial charge is 0.382 e. The van der Waals surface area contributed by atoms with Crippen molar-refractivity contribution in [1.29, 1.82) is 0 Å². The number of amides is 2. The molecule has 0 saturated carbocycles. The second-order valence-electron chi connectivity index (χ2n) is 4.91. The molecule has 0 heterocycles. The number of hydrogen-bond acceptors (Lipinski definition) is 4. The van der Waals surface area contributed by atoms with Gasteiger partial charge in [-0.2, -0.15) is 0 Å². The molecule has 22 heavy (non-hydrogen) atoms. The lowest BCUT2D eigenvalue weighted by atomic mass is 10.1. The molecule has 2 amide bonds. The average Bonchev–Trinajstić information content (AvgIpc) is 2.43. The monoisotopic (exact) mass is 328 g/mol. The first-order chi connectivity index (χ1) is 10.4. The Kier molecular flexibility index (Phi) is 7.87. The van der Waals surface area contributed by atoms with Gasteiger partial charge in [0.1, 0.15) is 6.61 Å². The van der Waals surface area contributed by atoms with E-state index in [0.29, 0.717) is 29.5 Å². The third-order valence-corrected chi connectivity index (χ3v) is 2.82. The van der Waals surface area contributed by atoms with Gasteiger partial charge in [-0.05, 0) is 32.0 Å². The molecule has 0 saturated heterocycles. The van der Waals surface area contributed by atoms with Crippen LogP contribution in [0, 0.1) is 0 Å². The molecule has 0 bridgehead atoms. The van der Waals surface area contributed by atoms with Crippen molar-refractivity contribution in [3.63, 3.8) is 0 Å². The summed E-state index contributed by atoms with van der Waals surface area (Å²) in [6.07, 6.45) is 0. The molecule has 1 aromatic carbocycles. The maximum absolute atomic E-state index is 12.1. The van der Waals surface area contributed by atoms with Crippen LogP contribution in [-0.2, 0) is 14.3 Å². The zero-order valence-electron chi connectivity index (χ0n) is 12.9. The predicted molar refractivity (Wildman–Crippen MR) is 85.4 cm³/mol. The first kappa shape index (κ1) is 18.4. The summed E-state index contributed by atoms with van der Waals surface area (Å²) in [5.74, 6) is -0.640. The molecule has 2 N–H and O–H groups in total. The molecule has 0 aliphatic rings. The Balaban J connectivity index is 2.73. The molecule has 0 spiro atoms. The van der Waals surface area contributed by atoms with Crippen LogP contribution in [0.1, 0.15) is 24.2 Å². The Morgan fingerprint density at radius 1 is 1.27 bits per heavy atom. The van der Waals surface area contributed by atoms with Gasteiger partial charge in [0.25, 0.3) is 5.91 Å². The van der Waals surface area contributed by atoms with Crippen molar-refractivity contribution in [3.8, 4) is 0 Å². The highest BCUT2D eigenvalue weighted by Crippen LogP contribution is 2.21. The van der Waals surface area contributed by atoms with Crippen LogP contribution in [0.25, 0.3) is 0 Å². The number of carbonyl (C=O) groups is 2. The maximum Gasteiger partial charge on any atom is 0.253 e. The van der Waals surface area contributed by atoms with Crippen molar-refractivity contribution in [1.82, 2.24) is 5.32 Å². The lowest BCUT2D eigenvalue weighted by molar-refractivity contribution is -0.121. The van der Waals surface area contributed by atoms with Gasteiger partial charge in [0.15, 0.2) is 0 Å². The maximum atomic E-state index is 12.1. The van der Waals surface area contributed by atoms with Gasteiger partial charge >= 0.3 is 0 Å². The van der Waals surface area contributed by atoms with Crippen molar-refractivity contribution in [3.05, 3.63) is 28.8 Å². The third-order valence-electron chi connectivity index (χ3n) is 2.59. The fourth-order valence-corrected chi connectivity index (χ4v) is 1.82. The Bertz CT molecular complexity index is 520. The standard InChI is InChI=1S/C15H21ClN2O4/c1-10(2)17-15(20)12-5-4-11(16)8-13(12)18-14(19)9-22-7-6-21-3/h4-5,8,10H,6-7,9H2,1-3H3,(H,17,20)(H,18,19). The minimum absolute atomic E-state index is 0.0101. The van der Waals surface area contributed by atoms with Gasteiger partial charge in [-0.1, -0.05) is 11.6 Å². The predicted octanol–water partition coefficient (Wildman–Crippen LogP) is 2.08. The van der Waals surface area contributed by atoms with Crippen LogP contribution in [0.15, 0.2) is 18.2 Å². The lowest BCUT2D eigenvalue weighted by Gasteiger charge is -2.13. The summed E-state index contributed by atoms with van der Waals surface area (Å²) >= 11 is 5.93. The minimum atomic E-state index is -0.364. The van der Waals surface area contributed by atoms with E-state index in [0.717, 1.165) is 0 Å². The van der Waals surface area contributed by atoms with Gasteiger partial charge in [0, 0.05) is 18.2 Å². The normalized spacial score (nSPS) is 10.6. The lowest BCUT2D eigenvalue weighted by Crippen LogP contribution is -2.31. The molecule has 7 heteroatoms. The zero-order chi connectivity index (χ0) is 16.5. The Morgan fingerprint density at radius 2 is 2.00 bits per heavy atom. The van der Waals surface area contributed by atoms with Gasteiger partial charge in [0.2, 0.25) is 5.91 Å². The van der Waals surface area contributed by atoms with Gasteiger partial charge < -0.3 is 20.1 Å². The Labute approximate surface area is 135 Å². The summed E-state index contributed by atoms with van der Waals surface area (Å²) in [6.45, 7) is 4.32. The molecular formula is C15H21ClN2O4. The number of halogens is 1. The van der Waals surface area contributed by atoms with Crippen LogP contribution < -0.4 is 10.6 Å². The Hall–Kier alpha value is -1.63. The van der Waals surface area contributed by atoms with Crippen LogP contribution in [0.5, 0.6) is 0 Å². The van der Waals surface area contributed by atoms with Crippen LogP contribution in [0.2, 0.25) is 5.02 Å². The van der Waals surface area contributed by atoms with Crippen LogP contribution in [0.3, 0.4) is 0 Å². The molecule has 0 aliphatic carbocycles. The highest BCUT2D eigenvalue weighted by atomic mass is 35.5. The van der Waals surface area contributed by atoms with Crippen molar-refractivity contribution in [2.45, 2.75) is 19.9 Å². The zero-order valence-corrected chi connectivity index (χ0v) is 13.7. The molecule has 0 aliphatic heterocycles. The van der Waals surface area contributed by atoms with E-state index in [1.165, 1.54) is 6.07 Å². The SMILES string of the molecule is COCCOCC(=O)Nc1cc(Cl)ccc1C(=O)NC(C)C. The second kappa shape index (κ2) is 9.40. The van der Waals surface area contributed by atoms with E-state index < -0.39 is 0 Å². The number of anilines is 1. The number of ether oxygens (including phenoxy) is 2. The molecule has 0 aromatic heterocycles. The molecule has 1 rings (SSSR count). The average molecular weight is 329 g/mol. The highest BCUT2D eigenvalue weighted by molar-refractivity contribution is 6.31. The summed E-state index contributed by atoms with van der Waals surface area (Å²) < 4.78 is 9.95. The van der Waals surface area contributed by atoms with Gasteiger partial charge in [-0.25, -0.2) is 0 Å². The smallest absolute Gasteiger partial charge is 0.253 e. The molecule has 0 unspecified atom stereocenters. The summed E-state index contributed by atoms with van der Waals surface area (Å²) in [6, 6.07) is 4.69. The van der Waals surface area contributed by atoms with E-state index in [2.05, 4.69) is 10.6 Å². The van der Waals surface area contributed by atoms with Gasteiger partial charge in [-0.3, -0.25) is 9.59 Å². The molecule has 0 fully saturated rings. The summed E-state index contributed by atoms with van der Waals surface area (Å²) in [5.41, 5.74) is 0.703. The van der Waals surface area contributed by atoms with Crippen molar-refractivity contribution < 1.29 is 19.1 Å². The summed E-state index contributed by atoms with van der Waals surface area (Å²) in [7, 11) is 1.55. The quantitative estimate of drug-likeness (QED) is 0.716. The molecule has 1 aromatic rings. The summed E-state index contributed by atoms with van der Waals surface area (Å²) in [5, 5.41) is 5.83. The van der Waals surface area contributed by atoms with Crippen molar-refractivity contribution in [2.75, 3.05) is 32.2 Å². The third kappa shape index (κ3) is 6.43. The van der Waals surface area contributed by atoms with Gasteiger partial charge in [0.05, 0.1) is 24.5 Å². The van der Waals surface area contributed by atoms with Crippen molar-refractivity contribution >= 4 is 29.1 Å². The number of methoxy groups -OCH3 is 1. The number of nitrogens with one attached hydrogen (secondary N) is 2. The Morgan fingerprint density at radius 3 is 2.64 bits per heavy atom. The van der Waals surface area contributed by atoms with Crippen LogP contribution in [0.4, 0.5) is 5.69 Å². The first-order valence-electron chi connectivity index (χ1n) is 6.91. The van der Waals surface area contributed by atoms with E-state index in [9.17, 15) is 9.59 Å². The fourth-order valence-electron chi connectivity index (χ4n) is 1.65. The molecule has 0 radical (unpaired) electrons. The second-order valence-corrected chi connectivity index (χ2v) is 5.35. The molecular weight excluding hydrogens is 308 g/mol. The summed E-state index contributed by atoms with van der Waals surface area (Å²) in [4.78, 5) is 23.9. The molecule has 6 nitrogen and oxygen atoms in total. The number of hydrogen-bond donors (Lipinski definition) is 2. The fraction of sp³-hybridized carbons (Fsp3) is 0.467. The highest BCUT2D eigenvalue weighted by Gasteiger charge is 2.15. The van der Waals surface area contributed by atoms with E-state index in [4.69, 9.17) is 21.1 Å². The van der Waals surface area contributed by atoms with Crippen molar-refractivity contribution in [2.24, 2.45) is 0 Å².